The zero-order chi connectivity index (χ0) is 19.1. The molecular formula is C22H30N4O2. The zero-order valence-corrected chi connectivity index (χ0v) is 16.3. The summed E-state index contributed by atoms with van der Waals surface area (Å²) in [7, 11) is 0. The molecule has 1 saturated heterocycles. The van der Waals surface area contributed by atoms with Crippen LogP contribution in [0.15, 0.2) is 24.4 Å². The molecule has 6 heteroatoms. The monoisotopic (exact) mass is 382 g/mol. The Morgan fingerprint density at radius 3 is 2.57 bits per heavy atom. The average molecular weight is 383 g/mol. The molecule has 2 heterocycles. The highest BCUT2D eigenvalue weighted by atomic mass is 16.2. The largest absolute Gasteiger partial charge is 0.353 e. The van der Waals surface area contributed by atoms with Gasteiger partial charge in [-0.3, -0.25) is 19.5 Å². The van der Waals surface area contributed by atoms with Gasteiger partial charge in [-0.25, -0.2) is 0 Å². The molecule has 2 amide bonds. The number of nitrogens with one attached hydrogen (secondary N) is 2. The Kier molecular flexibility index (Phi) is 4.83. The van der Waals surface area contributed by atoms with Crippen molar-refractivity contribution >= 4 is 11.8 Å². The van der Waals surface area contributed by atoms with E-state index in [0.717, 1.165) is 24.1 Å². The van der Waals surface area contributed by atoms with Crippen LogP contribution in [-0.2, 0) is 16.1 Å². The van der Waals surface area contributed by atoms with Crippen LogP contribution in [0.5, 0.6) is 0 Å². The number of piperazine rings is 1. The Labute approximate surface area is 166 Å². The van der Waals surface area contributed by atoms with Crippen molar-refractivity contribution in [3.63, 3.8) is 0 Å². The molecule has 5 aliphatic rings. The van der Waals surface area contributed by atoms with Crippen LogP contribution in [0.4, 0.5) is 0 Å². The second-order valence-corrected chi connectivity index (χ2v) is 9.33. The van der Waals surface area contributed by atoms with Gasteiger partial charge in [0.05, 0.1) is 18.2 Å². The summed E-state index contributed by atoms with van der Waals surface area (Å²) in [6.07, 6.45) is 8.57. The molecule has 6 nitrogen and oxygen atoms in total. The SMILES string of the molecule is O=C(C[C@H]1C(=O)NCCN1Cc1ccccn1)NC1C2CC3CC(C2)CC1C3. The number of amides is 2. The standard InChI is InChI=1S/C22H30N4O2/c27-20(25-21-16-8-14-7-15(10-16)11-17(21)9-14)12-19-22(28)24-5-6-26(19)13-18-3-1-2-4-23-18/h1-4,14-17,19,21H,5-13H2,(H,24,28)(H,25,27)/t14?,15?,16?,17?,19-,21?/m0/s1. The summed E-state index contributed by atoms with van der Waals surface area (Å²) in [6.45, 7) is 1.97. The fourth-order valence-electron chi connectivity index (χ4n) is 6.45. The maximum Gasteiger partial charge on any atom is 0.237 e. The summed E-state index contributed by atoms with van der Waals surface area (Å²) in [6, 6.07) is 5.74. The zero-order valence-electron chi connectivity index (χ0n) is 16.3. The summed E-state index contributed by atoms with van der Waals surface area (Å²) in [5, 5.41) is 6.28. The maximum atomic E-state index is 12.9. The van der Waals surface area contributed by atoms with Crippen molar-refractivity contribution in [1.82, 2.24) is 20.5 Å². The van der Waals surface area contributed by atoms with E-state index in [9.17, 15) is 9.59 Å². The van der Waals surface area contributed by atoms with Gasteiger partial charge < -0.3 is 10.6 Å². The summed E-state index contributed by atoms with van der Waals surface area (Å²) < 4.78 is 0. The predicted molar refractivity (Wildman–Crippen MR) is 105 cm³/mol. The van der Waals surface area contributed by atoms with Gasteiger partial charge >= 0.3 is 0 Å². The number of nitrogens with zero attached hydrogens (tertiary/aromatic N) is 2. The van der Waals surface area contributed by atoms with E-state index in [4.69, 9.17) is 0 Å². The summed E-state index contributed by atoms with van der Waals surface area (Å²) in [5.41, 5.74) is 0.934. The lowest BCUT2D eigenvalue weighted by molar-refractivity contribution is -0.135. The topological polar surface area (TPSA) is 74.3 Å². The third-order valence-corrected chi connectivity index (χ3v) is 7.47. The Balaban J connectivity index is 1.23. The molecule has 4 bridgehead atoms. The van der Waals surface area contributed by atoms with Crippen LogP contribution in [0.2, 0.25) is 0 Å². The molecule has 0 radical (unpaired) electrons. The smallest absolute Gasteiger partial charge is 0.237 e. The summed E-state index contributed by atoms with van der Waals surface area (Å²) in [4.78, 5) is 31.9. The molecular weight excluding hydrogens is 352 g/mol. The van der Waals surface area contributed by atoms with Crippen molar-refractivity contribution in [3.8, 4) is 0 Å². The van der Waals surface area contributed by atoms with Crippen LogP contribution in [0.1, 0.15) is 44.2 Å². The molecule has 2 N–H and O–H groups in total. The van der Waals surface area contributed by atoms with Gasteiger partial charge in [0.15, 0.2) is 0 Å². The van der Waals surface area contributed by atoms with Crippen LogP contribution in [-0.4, -0.2) is 46.9 Å². The van der Waals surface area contributed by atoms with Gasteiger partial charge in [0.2, 0.25) is 11.8 Å². The molecule has 1 aromatic heterocycles. The lowest BCUT2D eigenvalue weighted by atomic mass is 9.54. The molecule has 0 spiro atoms. The van der Waals surface area contributed by atoms with Crippen molar-refractivity contribution < 1.29 is 9.59 Å². The molecule has 4 aliphatic carbocycles. The quantitative estimate of drug-likeness (QED) is 0.813. The number of rotatable bonds is 5. The van der Waals surface area contributed by atoms with E-state index in [1.807, 2.05) is 18.2 Å². The molecule has 0 aromatic carbocycles. The van der Waals surface area contributed by atoms with Crippen molar-refractivity contribution in [2.75, 3.05) is 13.1 Å². The third kappa shape index (κ3) is 3.54. The fraction of sp³-hybridized carbons (Fsp3) is 0.682. The van der Waals surface area contributed by atoms with E-state index >= 15 is 0 Å². The van der Waals surface area contributed by atoms with Gasteiger partial charge in [-0.15, -0.1) is 0 Å². The summed E-state index contributed by atoms with van der Waals surface area (Å²) in [5.74, 6) is 3.10. The Morgan fingerprint density at radius 2 is 1.89 bits per heavy atom. The first-order valence-corrected chi connectivity index (χ1v) is 10.9. The molecule has 1 aromatic rings. The first-order chi connectivity index (χ1) is 13.7. The van der Waals surface area contributed by atoms with Gasteiger partial charge in [-0.05, 0) is 67.9 Å². The molecule has 28 heavy (non-hydrogen) atoms. The number of carbonyl (C=O) groups excluding carboxylic acids is 2. The van der Waals surface area contributed by atoms with Gasteiger partial charge in [0.25, 0.3) is 0 Å². The van der Waals surface area contributed by atoms with Crippen LogP contribution in [0, 0.1) is 23.7 Å². The first-order valence-electron chi connectivity index (χ1n) is 10.9. The van der Waals surface area contributed by atoms with Crippen LogP contribution in [0.3, 0.4) is 0 Å². The number of hydrogen-bond acceptors (Lipinski definition) is 4. The Hall–Kier alpha value is -1.95. The number of carbonyl (C=O) groups is 2. The Morgan fingerprint density at radius 1 is 1.14 bits per heavy atom. The van der Waals surface area contributed by atoms with E-state index in [-0.39, 0.29) is 18.2 Å². The molecule has 6 rings (SSSR count). The number of hydrogen-bond donors (Lipinski definition) is 2. The normalized spacial score (nSPS) is 36.9. The highest BCUT2D eigenvalue weighted by Gasteiger charge is 2.48. The van der Waals surface area contributed by atoms with E-state index in [0.29, 0.717) is 31.0 Å². The van der Waals surface area contributed by atoms with Crippen LogP contribution < -0.4 is 10.6 Å². The van der Waals surface area contributed by atoms with Crippen molar-refractivity contribution in [1.29, 1.82) is 0 Å². The molecule has 4 saturated carbocycles. The van der Waals surface area contributed by atoms with Crippen molar-refractivity contribution in [3.05, 3.63) is 30.1 Å². The summed E-state index contributed by atoms with van der Waals surface area (Å²) >= 11 is 0. The van der Waals surface area contributed by atoms with Gasteiger partial charge in [-0.1, -0.05) is 6.07 Å². The minimum Gasteiger partial charge on any atom is -0.353 e. The van der Waals surface area contributed by atoms with E-state index < -0.39 is 6.04 Å². The minimum absolute atomic E-state index is 0.0329. The van der Waals surface area contributed by atoms with Crippen molar-refractivity contribution in [2.45, 2.75) is 57.2 Å². The lowest BCUT2D eigenvalue weighted by Gasteiger charge is -2.54. The highest BCUT2D eigenvalue weighted by molar-refractivity contribution is 5.89. The van der Waals surface area contributed by atoms with Gasteiger partial charge in [0.1, 0.15) is 0 Å². The lowest BCUT2D eigenvalue weighted by Crippen LogP contribution is -2.59. The van der Waals surface area contributed by atoms with Gasteiger partial charge in [-0.2, -0.15) is 0 Å². The molecule has 1 aliphatic heterocycles. The van der Waals surface area contributed by atoms with Crippen molar-refractivity contribution in [2.24, 2.45) is 23.7 Å². The second kappa shape index (κ2) is 7.47. The number of aromatic nitrogens is 1. The number of pyridine rings is 1. The first kappa shape index (κ1) is 18.1. The van der Waals surface area contributed by atoms with E-state index in [1.54, 1.807) is 6.20 Å². The van der Waals surface area contributed by atoms with Gasteiger partial charge in [0, 0.05) is 31.9 Å². The third-order valence-electron chi connectivity index (χ3n) is 7.47. The maximum absolute atomic E-state index is 12.9. The second-order valence-electron chi connectivity index (χ2n) is 9.33. The highest BCUT2D eigenvalue weighted by Crippen LogP contribution is 2.53. The van der Waals surface area contributed by atoms with E-state index in [1.165, 1.54) is 32.1 Å². The average Bonchev–Trinajstić information content (AvgIpc) is 2.68. The Bertz CT molecular complexity index is 709. The molecule has 5 fully saturated rings. The molecule has 0 unspecified atom stereocenters. The molecule has 1 atom stereocenters. The van der Waals surface area contributed by atoms with Crippen LogP contribution in [0.25, 0.3) is 0 Å². The molecule has 150 valence electrons. The minimum atomic E-state index is -0.410. The predicted octanol–water partition coefficient (Wildman–Crippen LogP) is 1.71. The fourth-order valence-corrected chi connectivity index (χ4v) is 6.45. The van der Waals surface area contributed by atoms with Crippen LogP contribution >= 0.6 is 0 Å². The van der Waals surface area contributed by atoms with E-state index in [2.05, 4.69) is 20.5 Å².